The summed E-state index contributed by atoms with van der Waals surface area (Å²) in [4.78, 5) is 23.8. The van der Waals surface area contributed by atoms with Crippen LogP contribution in [0.1, 0.15) is 31.4 Å². The second kappa shape index (κ2) is 10.1. The lowest BCUT2D eigenvalue weighted by molar-refractivity contribution is -0.137. The first kappa shape index (κ1) is 25.1. The molecule has 9 nitrogen and oxygen atoms in total. The molecule has 1 aliphatic heterocycles. The van der Waals surface area contributed by atoms with E-state index in [4.69, 9.17) is 10.00 Å². The molecule has 1 saturated heterocycles. The number of aromatic nitrogens is 5. The number of ether oxygens (including phenoxy) is 1. The highest BCUT2D eigenvalue weighted by molar-refractivity contribution is 5.83. The monoisotopic (exact) mass is 520 g/mol. The number of piperidine rings is 1. The third-order valence-electron chi connectivity index (χ3n) is 6.15. The van der Waals surface area contributed by atoms with Crippen LogP contribution in [-0.4, -0.2) is 38.0 Å². The Bertz CT molecular complexity index is 1510. The van der Waals surface area contributed by atoms with Crippen molar-refractivity contribution >= 4 is 28.5 Å². The van der Waals surface area contributed by atoms with Gasteiger partial charge in [-0.1, -0.05) is 26.0 Å². The molecule has 1 fully saturated rings. The summed E-state index contributed by atoms with van der Waals surface area (Å²) < 4.78 is 46.5. The molecule has 4 aromatic rings. The molecule has 38 heavy (non-hydrogen) atoms. The predicted octanol–water partition coefficient (Wildman–Crippen LogP) is 5.72. The number of nitrogens with one attached hydrogen (secondary N) is 1. The second-order valence-corrected chi connectivity index (χ2v) is 9.39. The smallest absolute Gasteiger partial charge is 0.404 e. The molecule has 2 unspecified atom stereocenters. The Kier molecular flexibility index (Phi) is 6.67. The molecule has 0 aliphatic carbocycles. The minimum atomic E-state index is -4.70. The Morgan fingerprint density at radius 2 is 1.79 bits per heavy atom. The van der Waals surface area contributed by atoms with Crippen molar-refractivity contribution in [1.82, 2.24) is 24.9 Å². The molecule has 3 heterocycles. The zero-order valence-electron chi connectivity index (χ0n) is 20.6. The highest BCUT2D eigenvalue weighted by atomic mass is 19.4. The van der Waals surface area contributed by atoms with E-state index in [1.165, 1.54) is 12.4 Å². The van der Waals surface area contributed by atoms with E-state index in [0.29, 0.717) is 41.8 Å². The van der Waals surface area contributed by atoms with E-state index in [1.807, 2.05) is 23.1 Å². The summed E-state index contributed by atoms with van der Waals surface area (Å²) in [5, 5.41) is 12.6. The fraction of sp³-hybridized carbons (Fsp3) is 0.308. The van der Waals surface area contributed by atoms with Gasteiger partial charge in [0.2, 0.25) is 17.8 Å². The summed E-state index contributed by atoms with van der Waals surface area (Å²) in [5.74, 6) is 1.35. The number of rotatable bonds is 5. The first-order chi connectivity index (χ1) is 18.2. The SMILES string of the molecule is CC1CC(C)CN(c2nc(Nc3ccc(C#N)c(C(F)(F)F)c3)nc(Oc3ncnc4ccccc34)n2)C1. The molecule has 12 heteroatoms. The minimum Gasteiger partial charge on any atom is -0.404 e. The van der Waals surface area contributed by atoms with E-state index in [-0.39, 0.29) is 23.5 Å². The number of halogens is 3. The molecule has 1 aliphatic rings. The summed E-state index contributed by atoms with van der Waals surface area (Å²) in [7, 11) is 0. The number of fused-ring (bicyclic) bond motifs is 1. The number of para-hydroxylation sites is 1. The Morgan fingerprint density at radius 1 is 1.03 bits per heavy atom. The van der Waals surface area contributed by atoms with Crippen LogP contribution in [0.5, 0.6) is 11.9 Å². The Hall–Kier alpha value is -4.53. The molecule has 2 aromatic heterocycles. The van der Waals surface area contributed by atoms with Gasteiger partial charge in [0.25, 0.3) is 0 Å². The lowest BCUT2D eigenvalue weighted by Crippen LogP contribution is -2.39. The van der Waals surface area contributed by atoms with Gasteiger partial charge in [0.1, 0.15) is 6.33 Å². The normalized spacial score (nSPS) is 17.7. The maximum Gasteiger partial charge on any atom is 0.417 e. The van der Waals surface area contributed by atoms with Crippen molar-refractivity contribution in [2.75, 3.05) is 23.3 Å². The van der Waals surface area contributed by atoms with Gasteiger partial charge in [-0.25, -0.2) is 9.97 Å². The molecular weight excluding hydrogens is 497 g/mol. The van der Waals surface area contributed by atoms with Crippen molar-refractivity contribution < 1.29 is 17.9 Å². The van der Waals surface area contributed by atoms with Crippen LogP contribution < -0.4 is 15.0 Å². The lowest BCUT2D eigenvalue weighted by Gasteiger charge is -2.35. The van der Waals surface area contributed by atoms with Gasteiger partial charge in [0.15, 0.2) is 0 Å². The van der Waals surface area contributed by atoms with E-state index in [9.17, 15) is 13.2 Å². The Balaban J connectivity index is 1.54. The molecule has 0 radical (unpaired) electrons. The average Bonchev–Trinajstić information content (AvgIpc) is 2.88. The van der Waals surface area contributed by atoms with Gasteiger partial charge < -0.3 is 15.0 Å². The molecule has 0 spiro atoms. The van der Waals surface area contributed by atoms with Gasteiger partial charge in [-0.2, -0.15) is 33.4 Å². The lowest BCUT2D eigenvalue weighted by atomic mass is 9.92. The van der Waals surface area contributed by atoms with Crippen LogP contribution in [0, 0.1) is 23.2 Å². The van der Waals surface area contributed by atoms with Crippen LogP contribution >= 0.6 is 0 Å². The van der Waals surface area contributed by atoms with Gasteiger partial charge in [-0.15, -0.1) is 0 Å². The van der Waals surface area contributed by atoms with Crippen molar-refractivity contribution in [2.45, 2.75) is 26.4 Å². The predicted molar refractivity (Wildman–Crippen MR) is 134 cm³/mol. The molecule has 0 saturated carbocycles. The largest absolute Gasteiger partial charge is 0.417 e. The summed E-state index contributed by atoms with van der Waals surface area (Å²) in [6.45, 7) is 5.70. The molecule has 2 atom stereocenters. The quantitative estimate of drug-likeness (QED) is 0.353. The van der Waals surface area contributed by atoms with E-state index in [2.05, 4.69) is 44.1 Å². The first-order valence-corrected chi connectivity index (χ1v) is 12.0. The van der Waals surface area contributed by atoms with Gasteiger partial charge in [0.05, 0.1) is 28.1 Å². The van der Waals surface area contributed by atoms with E-state index in [1.54, 1.807) is 12.1 Å². The van der Waals surface area contributed by atoms with Crippen molar-refractivity contribution in [3.05, 3.63) is 59.9 Å². The van der Waals surface area contributed by atoms with Crippen LogP contribution in [0.15, 0.2) is 48.8 Å². The van der Waals surface area contributed by atoms with Crippen molar-refractivity contribution in [3.8, 4) is 18.0 Å². The highest BCUT2D eigenvalue weighted by Gasteiger charge is 2.34. The van der Waals surface area contributed by atoms with Gasteiger partial charge in [0, 0.05) is 18.8 Å². The fourth-order valence-electron chi connectivity index (χ4n) is 4.65. The Labute approximate surface area is 216 Å². The number of hydrogen-bond acceptors (Lipinski definition) is 9. The van der Waals surface area contributed by atoms with Gasteiger partial charge in [-0.3, -0.25) is 0 Å². The zero-order chi connectivity index (χ0) is 26.9. The first-order valence-electron chi connectivity index (χ1n) is 12.0. The second-order valence-electron chi connectivity index (χ2n) is 9.39. The number of alkyl halides is 3. The van der Waals surface area contributed by atoms with Crippen LogP contribution in [0.2, 0.25) is 0 Å². The fourth-order valence-corrected chi connectivity index (χ4v) is 4.65. The third-order valence-corrected chi connectivity index (χ3v) is 6.15. The van der Waals surface area contributed by atoms with E-state index in [0.717, 1.165) is 18.6 Å². The summed E-state index contributed by atoms with van der Waals surface area (Å²) in [6, 6.07) is 12.1. The number of anilines is 3. The number of hydrogen-bond donors (Lipinski definition) is 1. The molecule has 2 aromatic carbocycles. The van der Waals surface area contributed by atoms with Crippen LogP contribution in [0.3, 0.4) is 0 Å². The van der Waals surface area contributed by atoms with Crippen LogP contribution in [-0.2, 0) is 6.18 Å². The molecule has 5 rings (SSSR count). The maximum atomic E-state index is 13.5. The van der Waals surface area contributed by atoms with Crippen molar-refractivity contribution in [3.63, 3.8) is 0 Å². The molecule has 1 N–H and O–H groups in total. The average molecular weight is 521 g/mol. The summed E-state index contributed by atoms with van der Waals surface area (Å²) in [5.41, 5.74) is -0.800. The van der Waals surface area contributed by atoms with E-state index < -0.39 is 17.3 Å². The highest BCUT2D eigenvalue weighted by Crippen LogP contribution is 2.35. The number of nitriles is 1. The third kappa shape index (κ3) is 5.41. The van der Waals surface area contributed by atoms with Crippen LogP contribution in [0.25, 0.3) is 10.9 Å². The minimum absolute atomic E-state index is 0.00734. The zero-order valence-corrected chi connectivity index (χ0v) is 20.6. The maximum absolute atomic E-state index is 13.5. The molecule has 194 valence electrons. The van der Waals surface area contributed by atoms with Gasteiger partial charge >= 0.3 is 12.2 Å². The number of nitrogens with zero attached hydrogens (tertiary/aromatic N) is 7. The summed E-state index contributed by atoms with van der Waals surface area (Å²) in [6.07, 6.45) is -2.27. The summed E-state index contributed by atoms with van der Waals surface area (Å²) >= 11 is 0. The Morgan fingerprint density at radius 3 is 2.53 bits per heavy atom. The number of benzene rings is 2. The van der Waals surface area contributed by atoms with Crippen LogP contribution in [0.4, 0.5) is 30.8 Å². The van der Waals surface area contributed by atoms with Gasteiger partial charge in [-0.05, 0) is 48.6 Å². The standard InChI is InChI=1S/C26H23F3N8O/c1-15-9-16(2)13-37(12-15)24-34-23(33-18-8-7-17(11-30)20(10-18)26(27,28)29)35-25(36-24)38-22-19-5-3-4-6-21(19)31-14-32-22/h3-8,10,14-16H,9,12-13H2,1-2H3,(H,33,34,35,36). The topological polar surface area (TPSA) is 113 Å². The van der Waals surface area contributed by atoms with Crippen molar-refractivity contribution in [1.29, 1.82) is 5.26 Å². The molecular formula is C26H23F3N8O. The molecule has 0 bridgehead atoms. The molecule has 0 amide bonds. The van der Waals surface area contributed by atoms with E-state index >= 15 is 0 Å². The van der Waals surface area contributed by atoms with Crippen molar-refractivity contribution in [2.24, 2.45) is 11.8 Å².